The first kappa shape index (κ1) is 15.7. The predicted molar refractivity (Wildman–Crippen MR) is 79.6 cm³/mol. The van der Waals surface area contributed by atoms with Crippen molar-refractivity contribution in [2.24, 2.45) is 5.92 Å². The third kappa shape index (κ3) is 5.91. The maximum atomic E-state index is 10.8. The lowest BCUT2D eigenvalue weighted by molar-refractivity contribution is 0.0697. The third-order valence-corrected chi connectivity index (χ3v) is 3.64. The summed E-state index contributed by atoms with van der Waals surface area (Å²) in [6.07, 6.45) is 8.77. The van der Waals surface area contributed by atoms with Crippen LogP contribution in [-0.2, 0) is 6.42 Å². The van der Waals surface area contributed by atoms with Crippen molar-refractivity contribution in [2.45, 2.75) is 58.8 Å². The third-order valence-electron chi connectivity index (χ3n) is 3.64. The van der Waals surface area contributed by atoms with Crippen molar-refractivity contribution in [2.75, 3.05) is 0 Å². The van der Waals surface area contributed by atoms with Gasteiger partial charge >= 0.3 is 5.97 Å². The average molecular weight is 262 g/mol. The molecule has 2 heteroatoms. The van der Waals surface area contributed by atoms with Crippen molar-refractivity contribution in [1.82, 2.24) is 0 Å². The highest BCUT2D eigenvalue weighted by molar-refractivity contribution is 5.87. The van der Waals surface area contributed by atoms with Gasteiger partial charge in [0, 0.05) is 0 Å². The fourth-order valence-electron chi connectivity index (χ4n) is 2.56. The summed E-state index contributed by atoms with van der Waals surface area (Å²) in [5.74, 6) is -0.105. The molecule has 1 rings (SSSR count). The van der Waals surface area contributed by atoms with E-state index >= 15 is 0 Å². The van der Waals surface area contributed by atoms with Crippen LogP contribution >= 0.6 is 0 Å². The van der Waals surface area contributed by atoms with Crippen LogP contribution in [0.3, 0.4) is 0 Å². The van der Waals surface area contributed by atoms with Crippen LogP contribution in [0.2, 0.25) is 0 Å². The molecule has 0 radical (unpaired) electrons. The Morgan fingerprint density at radius 3 is 2.26 bits per heavy atom. The fourth-order valence-corrected chi connectivity index (χ4v) is 2.56. The van der Waals surface area contributed by atoms with Gasteiger partial charge in [-0.3, -0.25) is 0 Å². The number of carboxylic acids is 1. The van der Waals surface area contributed by atoms with Gasteiger partial charge in [-0.1, -0.05) is 64.5 Å². The molecule has 0 aliphatic carbocycles. The quantitative estimate of drug-likeness (QED) is 0.641. The number of aromatic carboxylic acids is 1. The summed E-state index contributed by atoms with van der Waals surface area (Å²) < 4.78 is 0. The van der Waals surface area contributed by atoms with Crippen LogP contribution in [0.25, 0.3) is 0 Å². The van der Waals surface area contributed by atoms with E-state index in [0.717, 1.165) is 12.3 Å². The summed E-state index contributed by atoms with van der Waals surface area (Å²) >= 11 is 0. The van der Waals surface area contributed by atoms with Crippen molar-refractivity contribution >= 4 is 5.97 Å². The minimum atomic E-state index is -0.848. The standard InChI is InChI=1S/C17H26O2/c1-3-5-6-8-14(7-4-2)13-15-9-11-16(12-10-15)17(18)19/h9-12,14H,3-8,13H2,1-2H3,(H,18,19). The minimum absolute atomic E-state index is 0.377. The molecule has 0 amide bonds. The number of benzene rings is 1. The number of unbranched alkanes of at least 4 members (excludes halogenated alkanes) is 2. The normalized spacial score (nSPS) is 12.3. The van der Waals surface area contributed by atoms with Gasteiger partial charge in [-0.2, -0.15) is 0 Å². The fraction of sp³-hybridized carbons (Fsp3) is 0.588. The zero-order valence-electron chi connectivity index (χ0n) is 12.2. The Bertz CT molecular complexity index is 367. The molecular weight excluding hydrogens is 236 g/mol. The molecule has 0 aliphatic heterocycles. The van der Waals surface area contributed by atoms with Crippen molar-refractivity contribution < 1.29 is 9.90 Å². The molecule has 0 saturated heterocycles. The molecule has 106 valence electrons. The van der Waals surface area contributed by atoms with Crippen LogP contribution in [0, 0.1) is 5.92 Å². The summed E-state index contributed by atoms with van der Waals surface area (Å²) in [5, 5.41) is 8.89. The smallest absolute Gasteiger partial charge is 0.335 e. The highest BCUT2D eigenvalue weighted by atomic mass is 16.4. The SMILES string of the molecule is CCCCCC(CCC)Cc1ccc(C(=O)O)cc1. The largest absolute Gasteiger partial charge is 0.478 e. The van der Waals surface area contributed by atoms with E-state index in [1.807, 2.05) is 12.1 Å². The Kier molecular flexibility index (Phi) is 7.24. The van der Waals surface area contributed by atoms with Gasteiger partial charge < -0.3 is 5.11 Å². The van der Waals surface area contributed by atoms with E-state index in [0.29, 0.717) is 5.56 Å². The van der Waals surface area contributed by atoms with E-state index in [4.69, 9.17) is 5.11 Å². The van der Waals surface area contributed by atoms with Crippen LogP contribution in [0.1, 0.15) is 68.3 Å². The number of hydrogen-bond acceptors (Lipinski definition) is 1. The van der Waals surface area contributed by atoms with Gasteiger partial charge in [-0.25, -0.2) is 4.79 Å². The maximum absolute atomic E-state index is 10.8. The van der Waals surface area contributed by atoms with Gasteiger partial charge in [0.25, 0.3) is 0 Å². The molecule has 0 heterocycles. The lowest BCUT2D eigenvalue weighted by Gasteiger charge is -2.16. The highest BCUT2D eigenvalue weighted by Gasteiger charge is 2.09. The second kappa shape index (κ2) is 8.73. The first-order chi connectivity index (χ1) is 9.17. The van der Waals surface area contributed by atoms with Crippen LogP contribution in [0.4, 0.5) is 0 Å². The summed E-state index contributed by atoms with van der Waals surface area (Å²) in [4.78, 5) is 10.8. The van der Waals surface area contributed by atoms with Gasteiger partial charge in [0.2, 0.25) is 0 Å². The minimum Gasteiger partial charge on any atom is -0.478 e. The summed E-state index contributed by atoms with van der Waals surface area (Å²) in [6, 6.07) is 7.36. The van der Waals surface area contributed by atoms with E-state index in [9.17, 15) is 4.79 Å². The van der Waals surface area contributed by atoms with Crippen LogP contribution in [0.15, 0.2) is 24.3 Å². The van der Waals surface area contributed by atoms with Crippen molar-refractivity contribution in [3.8, 4) is 0 Å². The Morgan fingerprint density at radius 1 is 1.05 bits per heavy atom. The second-order valence-electron chi connectivity index (χ2n) is 5.36. The molecule has 0 aliphatic rings. The van der Waals surface area contributed by atoms with Gasteiger partial charge in [-0.15, -0.1) is 0 Å². The van der Waals surface area contributed by atoms with Crippen LogP contribution in [0.5, 0.6) is 0 Å². The Hall–Kier alpha value is -1.31. The van der Waals surface area contributed by atoms with Gasteiger partial charge in [0.1, 0.15) is 0 Å². The second-order valence-corrected chi connectivity index (χ2v) is 5.36. The van der Waals surface area contributed by atoms with Gasteiger partial charge in [0.15, 0.2) is 0 Å². The molecule has 0 bridgehead atoms. The Morgan fingerprint density at radius 2 is 1.74 bits per heavy atom. The summed E-state index contributed by atoms with van der Waals surface area (Å²) in [5.41, 5.74) is 1.64. The Balaban J connectivity index is 2.54. The molecule has 1 N–H and O–H groups in total. The summed E-state index contributed by atoms with van der Waals surface area (Å²) in [7, 11) is 0. The molecule has 1 unspecified atom stereocenters. The van der Waals surface area contributed by atoms with E-state index in [1.165, 1.54) is 44.1 Å². The number of carboxylic acid groups (broad SMARTS) is 1. The predicted octanol–water partition coefficient (Wildman–Crippen LogP) is 4.92. The lowest BCUT2D eigenvalue weighted by Crippen LogP contribution is -2.05. The molecule has 1 aromatic rings. The van der Waals surface area contributed by atoms with Crippen molar-refractivity contribution in [1.29, 1.82) is 0 Å². The van der Waals surface area contributed by atoms with Crippen LogP contribution in [-0.4, -0.2) is 11.1 Å². The molecule has 0 aromatic heterocycles. The molecule has 1 atom stereocenters. The number of rotatable bonds is 9. The molecule has 2 nitrogen and oxygen atoms in total. The topological polar surface area (TPSA) is 37.3 Å². The van der Waals surface area contributed by atoms with E-state index in [1.54, 1.807) is 12.1 Å². The highest BCUT2D eigenvalue weighted by Crippen LogP contribution is 2.21. The average Bonchev–Trinajstić information content (AvgIpc) is 2.40. The van der Waals surface area contributed by atoms with Crippen LogP contribution < -0.4 is 0 Å². The lowest BCUT2D eigenvalue weighted by atomic mass is 9.90. The molecular formula is C17H26O2. The molecule has 0 fully saturated rings. The zero-order valence-corrected chi connectivity index (χ0v) is 12.2. The first-order valence-electron chi connectivity index (χ1n) is 7.49. The van der Waals surface area contributed by atoms with Gasteiger partial charge in [0.05, 0.1) is 5.56 Å². The Labute approximate surface area is 116 Å². The maximum Gasteiger partial charge on any atom is 0.335 e. The van der Waals surface area contributed by atoms with Crippen molar-refractivity contribution in [3.05, 3.63) is 35.4 Å². The first-order valence-corrected chi connectivity index (χ1v) is 7.49. The molecule has 19 heavy (non-hydrogen) atoms. The number of carbonyl (C=O) groups is 1. The van der Waals surface area contributed by atoms with E-state index in [2.05, 4.69) is 13.8 Å². The number of hydrogen-bond donors (Lipinski definition) is 1. The van der Waals surface area contributed by atoms with E-state index < -0.39 is 5.97 Å². The summed E-state index contributed by atoms with van der Waals surface area (Å²) in [6.45, 7) is 4.47. The molecule has 0 saturated carbocycles. The van der Waals surface area contributed by atoms with E-state index in [-0.39, 0.29) is 0 Å². The molecule has 1 aromatic carbocycles. The zero-order chi connectivity index (χ0) is 14.1. The van der Waals surface area contributed by atoms with Crippen molar-refractivity contribution in [3.63, 3.8) is 0 Å². The molecule has 0 spiro atoms. The monoisotopic (exact) mass is 262 g/mol. The van der Waals surface area contributed by atoms with Gasteiger partial charge in [-0.05, 0) is 30.0 Å².